The molecule has 4 heteroatoms. The van der Waals surface area contributed by atoms with E-state index in [0.29, 0.717) is 5.92 Å². The highest BCUT2D eigenvalue weighted by molar-refractivity contribution is 5.94. The molecule has 3 rings (SSSR count). The fourth-order valence-electron chi connectivity index (χ4n) is 3.37. The predicted molar refractivity (Wildman–Crippen MR) is 71.3 cm³/mol. The van der Waals surface area contributed by atoms with Crippen molar-refractivity contribution in [2.24, 2.45) is 22.9 Å². The molecule has 0 aliphatic heterocycles. The van der Waals surface area contributed by atoms with Crippen LogP contribution in [0.25, 0.3) is 0 Å². The van der Waals surface area contributed by atoms with Gasteiger partial charge in [0.1, 0.15) is 5.82 Å². The van der Waals surface area contributed by atoms with Crippen molar-refractivity contribution in [1.82, 2.24) is 5.43 Å². The number of nitrogens with one attached hydrogen (secondary N) is 1. The Kier molecular flexibility index (Phi) is 3.32. The molecule has 1 aromatic rings. The summed E-state index contributed by atoms with van der Waals surface area (Å²) in [6.07, 6.45) is 6.95. The standard InChI is InChI=1S/C15H17FN2O/c16-14-4-2-1-3-13(14)15(19)18-17-9-12-8-10-5-6-11(12)7-10/h1-4,9-12H,5-8H2,(H,18,19)/b17-9+. The van der Waals surface area contributed by atoms with Gasteiger partial charge in [-0.15, -0.1) is 0 Å². The predicted octanol–water partition coefficient (Wildman–Crippen LogP) is 2.98. The van der Waals surface area contributed by atoms with Gasteiger partial charge in [0.15, 0.2) is 0 Å². The molecule has 1 aromatic carbocycles. The summed E-state index contributed by atoms with van der Waals surface area (Å²) in [5.74, 6) is 1.06. The highest BCUT2D eigenvalue weighted by Gasteiger charge is 2.38. The summed E-state index contributed by atoms with van der Waals surface area (Å²) < 4.78 is 13.4. The molecule has 19 heavy (non-hydrogen) atoms. The topological polar surface area (TPSA) is 41.5 Å². The lowest BCUT2D eigenvalue weighted by molar-refractivity contribution is 0.0951. The third kappa shape index (κ3) is 2.53. The van der Waals surface area contributed by atoms with Gasteiger partial charge < -0.3 is 0 Å². The monoisotopic (exact) mass is 260 g/mol. The zero-order valence-electron chi connectivity index (χ0n) is 10.7. The van der Waals surface area contributed by atoms with E-state index in [1.54, 1.807) is 12.1 Å². The van der Waals surface area contributed by atoms with Crippen molar-refractivity contribution in [3.63, 3.8) is 0 Å². The van der Waals surface area contributed by atoms with Crippen LogP contribution in [0.1, 0.15) is 36.0 Å². The quantitative estimate of drug-likeness (QED) is 0.659. The Balaban J connectivity index is 1.58. The number of carbonyl (C=O) groups excluding carboxylic acids is 1. The second-order valence-corrected chi connectivity index (χ2v) is 5.54. The number of hydrazone groups is 1. The van der Waals surface area contributed by atoms with Crippen LogP contribution in [0, 0.1) is 23.6 Å². The van der Waals surface area contributed by atoms with Gasteiger partial charge in [0.25, 0.3) is 5.91 Å². The Labute approximate surface area is 111 Å². The summed E-state index contributed by atoms with van der Waals surface area (Å²) in [4.78, 5) is 11.7. The van der Waals surface area contributed by atoms with Crippen molar-refractivity contribution in [3.05, 3.63) is 35.6 Å². The molecule has 0 aromatic heterocycles. The number of carbonyl (C=O) groups is 1. The van der Waals surface area contributed by atoms with Crippen LogP contribution in [0.3, 0.4) is 0 Å². The molecule has 1 N–H and O–H groups in total. The lowest BCUT2D eigenvalue weighted by Crippen LogP contribution is -2.21. The van der Waals surface area contributed by atoms with Crippen LogP contribution < -0.4 is 5.43 Å². The molecule has 3 atom stereocenters. The summed E-state index contributed by atoms with van der Waals surface area (Å²) in [6, 6.07) is 5.93. The van der Waals surface area contributed by atoms with Gasteiger partial charge in [-0.25, -0.2) is 9.82 Å². The van der Waals surface area contributed by atoms with Crippen molar-refractivity contribution in [3.8, 4) is 0 Å². The minimum Gasteiger partial charge on any atom is -0.267 e. The van der Waals surface area contributed by atoms with Crippen LogP contribution in [-0.2, 0) is 0 Å². The molecule has 1 amide bonds. The number of nitrogens with zero attached hydrogens (tertiary/aromatic N) is 1. The second kappa shape index (κ2) is 5.11. The fourth-order valence-corrected chi connectivity index (χ4v) is 3.37. The number of hydrogen-bond donors (Lipinski definition) is 1. The maximum Gasteiger partial charge on any atom is 0.274 e. The summed E-state index contributed by atoms with van der Waals surface area (Å²) in [6.45, 7) is 0. The van der Waals surface area contributed by atoms with Crippen LogP contribution in [0.2, 0.25) is 0 Å². The zero-order valence-corrected chi connectivity index (χ0v) is 10.7. The minimum atomic E-state index is -0.518. The molecule has 0 saturated heterocycles. The molecular formula is C15H17FN2O. The Hall–Kier alpha value is -1.71. The molecule has 2 aliphatic carbocycles. The SMILES string of the molecule is O=C(N/N=C/C1CC2CCC1C2)c1ccccc1F. The number of fused-ring (bicyclic) bond motifs is 2. The summed E-state index contributed by atoms with van der Waals surface area (Å²) in [5.41, 5.74) is 2.45. The van der Waals surface area contributed by atoms with Crippen molar-refractivity contribution in [2.75, 3.05) is 0 Å². The van der Waals surface area contributed by atoms with E-state index < -0.39 is 11.7 Å². The zero-order chi connectivity index (χ0) is 13.2. The fraction of sp³-hybridized carbons (Fsp3) is 0.467. The van der Waals surface area contributed by atoms with Crippen LogP contribution in [0.4, 0.5) is 4.39 Å². The van der Waals surface area contributed by atoms with Gasteiger partial charge in [0, 0.05) is 6.21 Å². The van der Waals surface area contributed by atoms with Gasteiger partial charge >= 0.3 is 0 Å². The van der Waals surface area contributed by atoms with Crippen LogP contribution in [-0.4, -0.2) is 12.1 Å². The lowest BCUT2D eigenvalue weighted by atomic mass is 9.90. The van der Waals surface area contributed by atoms with Gasteiger partial charge in [-0.2, -0.15) is 5.10 Å². The molecule has 3 nitrogen and oxygen atoms in total. The number of amides is 1. The Morgan fingerprint density at radius 3 is 2.84 bits per heavy atom. The van der Waals surface area contributed by atoms with Crippen molar-refractivity contribution in [1.29, 1.82) is 0 Å². The molecule has 2 saturated carbocycles. The Morgan fingerprint density at radius 2 is 2.16 bits per heavy atom. The first kappa shape index (κ1) is 12.3. The first-order valence-corrected chi connectivity index (χ1v) is 6.82. The molecule has 0 spiro atoms. The second-order valence-electron chi connectivity index (χ2n) is 5.54. The largest absolute Gasteiger partial charge is 0.274 e. The Bertz CT molecular complexity index is 515. The van der Waals surface area contributed by atoms with Crippen molar-refractivity contribution >= 4 is 12.1 Å². The Morgan fingerprint density at radius 1 is 1.32 bits per heavy atom. The highest BCUT2D eigenvalue weighted by Crippen LogP contribution is 2.47. The third-order valence-electron chi connectivity index (χ3n) is 4.34. The molecule has 100 valence electrons. The first-order chi connectivity index (χ1) is 9.24. The smallest absolute Gasteiger partial charge is 0.267 e. The normalized spacial score (nSPS) is 29.0. The van der Waals surface area contributed by atoms with Crippen LogP contribution in [0.15, 0.2) is 29.4 Å². The first-order valence-electron chi connectivity index (χ1n) is 6.82. The molecule has 0 radical (unpaired) electrons. The molecule has 2 fully saturated rings. The van der Waals surface area contributed by atoms with Gasteiger partial charge in [0.05, 0.1) is 5.56 Å². The van der Waals surface area contributed by atoms with Crippen molar-refractivity contribution in [2.45, 2.75) is 25.7 Å². The maximum absolute atomic E-state index is 13.4. The summed E-state index contributed by atoms with van der Waals surface area (Å²) >= 11 is 0. The van der Waals surface area contributed by atoms with E-state index in [9.17, 15) is 9.18 Å². The average molecular weight is 260 g/mol. The molecule has 2 aliphatic rings. The van der Waals surface area contributed by atoms with E-state index >= 15 is 0 Å². The van der Waals surface area contributed by atoms with Crippen LogP contribution >= 0.6 is 0 Å². The average Bonchev–Trinajstić information content (AvgIpc) is 3.01. The molecular weight excluding hydrogens is 243 g/mol. The molecule has 2 bridgehead atoms. The van der Waals surface area contributed by atoms with Gasteiger partial charge in [-0.1, -0.05) is 18.6 Å². The number of hydrogen-bond acceptors (Lipinski definition) is 2. The third-order valence-corrected chi connectivity index (χ3v) is 4.34. The molecule has 0 heterocycles. The van der Waals surface area contributed by atoms with E-state index in [-0.39, 0.29) is 5.56 Å². The van der Waals surface area contributed by atoms with Gasteiger partial charge in [0.2, 0.25) is 0 Å². The highest BCUT2D eigenvalue weighted by atomic mass is 19.1. The number of benzene rings is 1. The summed E-state index contributed by atoms with van der Waals surface area (Å²) in [7, 11) is 0. The van der Waals surface area contributed by atoms with E-state index in [1.165, 1.54) is 37.8 Å². The lowest BCUT2D eigenvalue weighted by Gasteiger charge is -2.16. The number of rotatable bonds is 3. The summed E-state index contributed by atoms with van der Waals surface area (Å²) in [5, 5.41) is 4.00. The minimum absolute atomic E-state index is 0.0348. The number of halogens is 1. The van der Waals surface area contributed by atoms with Gasteiger partial charge in [-0.05, 0) is 49.1 Å². The molecule has 3 unspecified atom stereocenters. The van der Waals surface area contributed by atoms with E-state index in [0.717, 1.165) is 11.8 Å². The van der Waals surface area contributed by atoms with E-state index in [1.807, 2.05) is 6.21 Å². The van der Waals surface area contributed by atoms with Crippen molar-refractivity contribution < 1.29 is 9.18 Å². The maximum atomic E-state index is 13.4. The van der Waals surface area contributed by atoms with Gasteiger partial charge in [-0.3, -0.25) is 4.79 Å². The van der Waals surface area contributed by atoms with E-state index in [2.05, 4.69) is 10.5 Å². The van der Waals surface area contributed by atoms with Crippen LogP contribution in [0.5, 0.6) is 0 Å². The van der Waals surface area contributed by atoms with E-state index in [4.69, 9.17) is 0 Å².